The lowest BCUT2D eigenvalue weighted by molar-refractivity contribution is -0.0394. The van der Waals surface area contributed by atoms with Crippen LogP contribution >= 0.6 is 0 Å². The van der Waals surface area contributed by atoms with Crippen molar-refractivity contribution in [1.82, 2.24) is 0 Å². The molecule has 142 valence electrons. The molecule has 0 radical (unpaired) electrons. The Kier molecular flexibility index (Phi) is 5.91. The molecule has 0 aliphatic carbocycles. The normalized spacial score (nSPS) is 21.7. The highest BCUT2D eigenvalue weighted by Gasteiger charge is 2.37. The minimum absolute atomic E-state index is 0.0445. The summed E-state index contributed by atoms with van der Waals surface area (Å²) in [6.07, 6.45) is -0.406. The van der Waals surface area contributed by atoms with E-state index >= 15 is 0 Å². The van der Waals surface area contributed by atoms with Crippen LogP contribution in [0, 0.1) is 13.8 Å². The summed E-state index contributed by atoms with van der Waals surface area (Å²) < 4.78 is 16.8. The summed E-state index contributed by atoms with van der Waals surface area (Å²) in [4.78, 5) is 24.6. The Labute approximate surface area is 159 Å². The average molecular weight is 368 g/mol. The molecule has 2 aromatic carbocycles. The molecule has 0 saturated carbocycles. The molecule has 3 atom stereocenters. The third-order valence-electron chi connectivity index (χ3n) is 4.60. The predicted molar refractivity (Wildman–Crippen MR) is 101 cm³/mol. The van der Waals surface area contributed by atoms with E-state index in [1.165, 1.54) is 0 Å². The van der Waals surface area contributed by atoms with Gasteiger partial charge in [0.15, 0.2) is 0 Å². The minimum atomic E-state index is -0.469. The number of carbonyl (C=O) groups is 2. The van der Waals surface area contributed by atoms with Crippen LogP contribution in [-0.4, -0.2) is 36.9 Å². The fourth-order valence-electron chi connectivity index (χ4n) is 3.02. The standard InChI is InChI=1S/C22H24O5/c1-14-4-8-17(9-5-14)21(23)25-13-20-19(12-16(3)26-20)27-22(24)18-10-6-15(2)7-11-18/h4-11,16,19-20H,12-13H2,1-3H3/t16-,19-,20+/m0/s1. The summed E-state index contributed by atoms with van der Waals surface area (Å²) in [7, 11) is 0. The molecule has 5 nitrogen and oxygen atoms in total. The maximum Gasteiger partial charge on any atom is 0.338 e. The first-order chi connectivity index (χ1) is 12.9. The molecule has 2 aromatic rings. The Morgan fingerprint density at radius 1 is 0.926 bits per heavy atom. The first-order valence-electron chi connectivity index (χ1n) is 9.09. The zero-order valence-electron chi connectivity index (χ0n) is 15.8. The van der Waals surface area contributed by atoms with E-state index in [1.807, 2.05) is 45.0 Å². The van der Waals surface area contributed by atoms with Gasteiger partial charge < -0.3 is 14.2 Å². The highest BCUT2D eigenvalue weighted by atomic mass is 16.6. The molecule has 0 N–H and O–H groups in total. The largest absolute Gasteiger partial charge is 0.459 e. The van der Waals surface area contributed by atoms with Crippen LogP contribution in [0.1, 0.15) is 45.2 Å². The van der Waals surface area contributed by atoms with Gasteiger partial charge in [-0.05, 0) is 45.0 Å². The molecule has 1 fully saturated rings. The van der Waals surface area contributed by atoms with Crippen molar-refractivity contribution in [2.24, 2.45) is 0 Å². The number of esters is 2. The Hall–Kier alpha value is -2.66. The van der Waals surface area contributed by atoms with Crippen molar-refractivity contribution < 1.29 is 23.8 Å². The van der Waals surface area contributed by atoms with Crippen LogP contribution < -0.4 is 0 Å². The van der Waals surface area contributed by atoms with E-state index in [-0.39, 0.29) is 12.7 Å². The summed E-state index contributed by atoms with van der Waals surface area (Å²) in [5, 5.41) is 0. The average Bonchev–Trinajstić information content (AvgIpc) is 3.00. The Morgan fingerprint density at radius 3 is 2.00 bits per heavy atom. The maximum absolute atomic E-state index is 12.4. The van der Waals surface area contributed by atoms with Gasteiger partial charge in [0, 0.05) is 6.42 Å². The topological polar surface area (TPSA) is 61.8 Å². The second-order valence-electron chi connectivity index (χ2n) is 7.00. The monoisotopic (exact) mass is 368 g/mol. The second-order valence-corrected chi connectivity index (χ2v) is 7.00. The predicted octanol–water partition coefficient (Wildman–Crippen LogP) is 3.86. The van der Waals surface area contributed by atoms with Crippen LogP contribution in [0.15, 0.2) is 48.5 Å². The number of carbonyl (C=O) groups excluding carboxylic acids is 2. The van der Waals surface area contributed by atoms with Gasteiger partial charge in [0.25, 0.3) is 0 Å². The van der Waals surface area contributed by atoms with Crippen LogP contribution in [0.25, 0.3) is 0 Å². The van der Waals surface area contributed by atoms with Crippen LogP contribution in [0.4, 0.5) is 0 Å². The molecule has 27 heavy (non-hydrogen) atoms. The molecule has 0 amide bonds. The van der Waals surface area contributed by atoms with Gasteiger partial charge in [0.2, 0.25) is 0 Å². The van der Waals surface area contributed by atoms with Crippen LogP contribution in [0.5, 0.6) is 0 Å². The van der Waals surface area contributed by atoms with Gasteiger partial charge in [-0.1, -0.05) is 35.4 Å². The lowest BCUT2D eigenvalue weighted by atomic mass is 10.1. The smallest absolute Gasteiger partial charge is 0.338 e. The molecule has 0 bridgehead atoms. The van der Waals surface area contributed by atoms with Gasteiger partial charge in [0.1, 0.15) is 18.8 Å². The third kappa shape index (κ3) is 4.95. The first kappa shape index (κ1) is 19.1. The summed E-state index contributed by atoms with van der Waals surface area (Å²) in [5.74, 6) is -0.811. The summed E-state index contributed by atoms with van der Waals surface area (Å²) in [5.41, 5.74) is 3.13. The molecular weight excluding hydrogens is 344 g/mol. The third-order valence-corrected chi connectivity index (χ3v) is 4.60. The molecule has 0 spiro atoms. The molecule has 1 saturated heterocycles. The lowest BCUT2D eigenvalue weighted by Crippen LogP contribution is -2.32. The fraction of sp³-hybridized carbons (Fsp3) is 0.364. The maximum atomic E-state index is 12.4. The Balaban J connectivity index is 1.58. The van der Waals surface area contributed by atoms with Crippen molar-refractivity contribution in [2.45, 2.75) is 45.5 Å². The molecule has 3 rings (SSSR count). The SMILES string of the molecule is Cc1ccc(C(=O)OC[C@H]2O[C@@H](C)C[C@@H]2OC(=O)c2ccc(C)cc2)cc1. The zero-order chi connectivity index (χ0) is 19.4. The summed E-state index contributed by atoms with van der Waals surface area (Å²) >= 11 is 0. The highest BCUT2D eigenvalue weighted by Crippen LogP contribution is 2.25. The Morgan fingerprint density at radius 2 is 1.44 bits per heavy atom. The van der Waals surface area contributed by atoms with Crippen LogP contribution in [0.3, 0.4) is 0 Å². The Bertz CT molecular complexity index is 794. The van der Waals surface area contributed by atoms with Crippen molar-refractivity contribution in [3.05, 3.63) is 70.8 Å². The van der Waals surface area contributed by atoms with Crippen molar-refractivity contribution in [1.29, 1.82) is 0 Å². The fourth-order valence-corrected chi connectivity index (χ4v) is 3.02. The molecule has 5 heteroatoms. The quantitative estimate of drug-likeness (QED) is 0.750. The van der Waals surface area contributed by atoms with Gasteiger partial charge in [-0.15, -0.1) is 0 Å². The van der Waals surface area contributed by atoms with Crippen LogP contribution in [0.2, 0.25) is 0 Å². The highest BCUT2D eigenvalue weighted by molar-refractivity contribution is 5.90. The van der Waals surface area contributed by atoms with Crippen molar-refractivity contribution >= 4 is 11.9 Å². The second kappa shape index (κ2) is 8.35. The van der Waals surface area contributed by atoms with Gasteiger partial charge in [-0.3, -0.25) is 0 Å². The van der Waals surface area contributed by atoms with Gasteiger partial charge in [0.05, 0.1) is 17.2 Å². The van der Waals surface area contributed by atoms with Crippen molar-refractivity contribution in [2.75, 3.05) is 6.61 Å². The number of benzene rings is 2. The molecule has 1 aliphatic rings. The van der Waals surface area contributed by atoms with Gasteiger partial charge in [-0.2, -0.15) is 0 Å². The van der Waals surface area contributed by atoms with Crippen LogP contribution in [-0.2, 0) is 14.2 Å². The number of hydrogen-bond acceptors (Lipinski definition) is 5. The van der Waals surface area contributed by atoms with E-state index in [1.54, 1.807) is 24.3 Å². The molecule has 1 aliphatic heterocycles. The number of rotatable bonds is 5. The van der Waals surface area contributed by atoms with Crippen molar-refractivity contribution in [3.8, 4) is 0 Å². The molecule has 1 heterocycles. The molecule has 0 aromatic heterocycles. The molecular formula is C22H24O5. The zero-order valence-corrected chi connectivity index (χ0v) is 15.8. The number of hydrogen-bond donors (Lipinski definition) is 0. The van der Waals surface area contributed by atoms with E-state index < -0.39 is 24.1 Å². The van der Waals surface area contributed by atoms with Crippen molar-refractivity contribution in [3.63, 3.8) is 0 Å². The van der Waals surface area contributed by atoms with Gasteiger partial charge in [-0.25, -0.2) is 9.59 Å². The summed E-state index contributed by atoms with van der Waals surface area (Å²) in [6.45, 7) is 5.87. The summed E-state index contributed by atoms with van der Waals surface area (Å²) in [6, 6.07) is 14.4. The lowest BCUT2D eigenvalue weighted by Gasteiger charge is -2.19. The number of aryl methyl sites for hydroxylation is 2. The molecule has 0 unspecified atom stereocenters. The number of ether oxygens (including phenoxy) is 3. The van der Waals surface area contributed by atoms with E-state index in [0.717, 1.165) is 11.1 Å². The van der Waals surface area contributed by atoms with E-state index in [0.29, 0.717) is 17.5 Å². The van der Waals surface area contributed by atoms with E-state index in [9.17, 15) is 9.59 Å². The minimum Gasteiger partial charge on any atom is -0.459 e. The van der Waals surface area contributed by atoms with E-state index in [2.05, 4.69) is 0 Å². The van der Waals surface area contributed by atoms with E-state index in [4.69, 9.17) is 14.2 Å². The van der Waals surface area contributed by atoms with Gasteiger partial charge >= 0.3 is 11.9 Å². The first-order valence-corrected chi connectivity index (χ1v) is 9.09.